The van der Waals surface area contributed by atoms with Gasteiger partial charge in [0.05, 0.1) is 6.61 Å². The summed E-state index contributed by atoms with van der Waals surface area (Å²) in [5.74, 6) is 0. The highest BCUT2D eigenvalue weighted by atomic mass is 16.3. The lowest BCUT2D eigenvalue weighted by Crippen LogP contribution is -2.23. The maximum absolute atomic E-state index is 8.79. The van der Waals surface area contributed by atoms with Gasteiger partial charge in [-0.3, -0.25) is 0 Å². The van der Waals surface area contributed by atoms with Crippen LogP contribution in [0.3, 0.4) is 0 Å². The highest BCUT2D eigenvalue weighted by molar-refractivity contribution is 4.58. The van der Waals surface area contributed by atoms with E-state index in [-0.39, 0.29) is 12.6 Å². The van der Waals surface area contributed by atoms with E-state index in [9.17, 15) is 0 Å². The maximum Gasteiger partial charge on any atom is 0.0582 e. The van der Waals surface area contributed by atoms with Gasteiger partial charge < -0.3 is 10.8 Å². The minimum atomic E-state index is 0.00752. The second kappa shape index (κ2) is 15.0. The highest BCUT2D eigenvalue weighted by Crippen LogP contribution is 2.12. The lowest BCUT2D eigenvalue weighted by Gasteiger charge is -2.07. The highest BCUT2D eigenvalue weighted by Gasteiger charge is 1.99. The number of nitrogens with two attached hydrogens (primary N) is 1. The minimum absolute atomic E-state index is 0.00752. The molecule has 0 spiro atoms. The average Bonchev–Trinajstić information content (AvgIpc) is 2.39. The predicted octanol–water partition coefficient (Wildman–Crippen LogP) is 4.40. The Kier molecular flexibility index (Phi) is 14.9. The van der Waals surface area contributed by atoms with Crippen LogP contribution in [0.15, 0.2) is 0 Å². The largest absolute Gasteiger partial charge is 0.395 e. The first kappa shape index (κ1) is 17.9. The zero-order valence-corrected chi connectivity index (χ0v) is 12.5. The van der Waals surface area contributed by atoms with Gasteiger partial charge in [0, 0.05) is 6.04 Å². The fraction of sp³-hybridized carbons (Fsp3) is 1.00. The minimum Gasteiger partial charge on any atom is -0.395 e. The zero-order valence-electron chi connectivity index (χ0n) is 12.5. The van der Waals surface area contributed by atoms with Crippen molar-refractivity contribution in [3.8, 4) is 0 Å². The van der Waals surface area contributed by atoms with E-state index >= 15 is 0 Å². The molecule has 1 atom stereocenters. The molecule has 18 heavy (non-hydrogen) atoms. The summed E-state index contributed by atoms with van der Waals surface area (Å²) in [7, 11) is 0. The van der Waals surface area contributed by atoms with Crippen LogP contribution in [0.2, 0.25) is 0 Å². The first-order valence-corrected chi connectivity index (χ1v) is 8.17. The Morgan fingerprint density at radius 1 is 0.722 bits per heavy atom. The van der Waals surface area contributed by atoms with Crippen molar-refractivity contribution in [2.24, 2.45) is 5.73 Å². The number of unbranched alkanes of at least 4 members (excludes halogenated alkanes) is 11. The number of aliphatic hydroxyl groups is 1. The maximum atomic E-state index is 8.79. The fourth-order valence-electron chi connectivity index (χ4n) is 2.34. The Morgan fingerprint density at radius 2 is 1.11 bits per heavy atom. The quantitative estimate of drug-likeness (QED) is 0.453. The van der Waals surface area contributed by atoms with E-state index in [0.29, 0.717) is 0 Å². The van der Waals surface area contributed by atoms with Gasteiger partial charge in [0.15, 0.2) is 0 Å². The van der Waals surface area contributed by atoms with Crippen LogP contribution in [0.25, 0.3) is 0 Å². The van der Waals surface area contributed by atoms with Crippen molar-refractivity contribution in [2.45, 2.75) is 96.4 Å². The topological polar surface area (TPSA) is 46.2 Å². The van der Waals surface area contributed by atoms with Crippen LogP contribution in [0.5, 0.6) is 0 Å². The fourth-order valence-corrected chi connectivity index (χ4v) is 2.34. The summed E-state index contributed by atoms with van der Waals surface area (Å²) in [6.07, 6.45) is 17.5. The van der Waals surface area contributed by atoms with Crippen LogP contribution >= 0.6 is 0 Å². The Morgan fingerprint density at radius 3 is 1.50 bits per heavy atom. The van der Waals surface area contributed by atoms with Crippen molar-refractivity contribution in [3.63, 3.8) is 0 Å². The van der Waals surface area contributed by atoms with Gasteiger partial charge >= 0.3 is 0 Å². The molecule has 0 aromatic rings. The summed E-state index contributed by atoms with van der Waals surface area (Å²) < 4.78 is 0. The van der Waals surface area contributed by atoms with Crippen molar-refractivity contribution < 1.29 is 5.11 Å². The summed E-state index contributed by atoms with van der Waals surface area (Å²) in [6.45, 7) is 2.41. The molecule has 0 amide bonds. The standard InChI is InChI=1S/C16H35NO/c1-2-3-4-5-6-7-8-9-10-11-12-13-14-16(17)15-18/h16,18H,2-15,17H2,1H3. The van der Waals surface area contributed by atoms with E-state index in [4.69, 9.17) is 10.8 Å². The molecule has 1 unspecified atom stereocenters. The first-order valence-electron chi connectivity index (χ1n) is 8.17. The smallest absolute Gasteiger partial charge is 0.0582 e. The van der Waals surface area contributed by atoms with Crippen LogP contribution in [-0.2, 0) is 0 Å². The molecule has 2 nitrogen and oxygen atoms in total. The van der Waals surface area contributed by atoms with Gasteiger partial charge in [0.1, 0.15) is 0 Å². The SMILES string of the molecule is CCCCCCCCCCCCCCC(N)CO. The molecule has 0 aliphatic carbocycles. The van der Waals surface area contributed by atoms with Gasteiger partial charge in [0.25, 0.3) is 0 Å². The van der Waals surface area contributed by atoms with E-state index in [1.54, 1.807) is 0 Å². The van der Waals surface area contributed by atoms with Gasteiger partial charge in [-0.25, -0.2) is 0 Å². The molecular formula is C16H35NO. The van der Waals surface area contributed by atoms with Gasteiger partial charge in [-0.05, 0) is 6.42 Å². The van der Waals surface area contributed by atoms with Crippen LogP contribution in [-0.4, -0.2) is 17.8 Å². The molecule has 2 heteroatoms. The van der Waals surface area contributed by atoms with E-state index in [0.717, 1.165) is 6.42 Å². The molecule has 0 saturated carbocycles. The number of hydrogen-bond acceptors (Lipinski definition) is 2. The van der Waals surface area contributed by atoms with E-state index in [2.05, 4.69) is 6.92 Å². The summed E-state index contributed by atoms with van der Waals surface area (Å²) in [5, 5.41) is 8.79. The summed E-state index contributed by atoms with van der Waals surface area (Å²) >= 11 is 0. The van der Waals surface area contributed by atoms with Gasteiger partial charge in [0.2, 0.25) is 0 Å². The molecule has 0 radical (unpaired) electrons. The zero-order chi connectivity index (χ0) is 13.5. The molecule has 3 N–H and O–H groups in total. The molecule has 110 valence electrons. The van der Waals surface area contributed by atoms with Crippen molar-refractivity contribution in [1.82, 2.24) is 0 Å². The van der Waals surface area contributed by atoms with Crippen LogP contribution < -0.4 is 5.73 Å². The molecular weight excluding hydrogens is 222 g/mol. The van der Waals surface area contributed by atoms with Gasteiger partial charge in [-0.2, -0.15) is 0 Å². The van der Waals surface area contributed by atoms with Crippen molar-refractivity contribution >= 4 is 0 Å². The molecule has 0 fully saturated rings. The normalized spacial score (nSPS) is 12.8. The summed E-state index contributed by atoms with van der Waals surface area (Å²) in [5.41, 5.74) is 5.65. The molecule has 0 bridgehead atoms. The number of hydrogen-bond donors (Lipinski definition) is 2. The van der Waals surface area contributed by atoms with E-state index in [1.165, 1.54) is 77.0 Å². The Bertz CT molecular complexity index is 150. The van der Waals surface area contributed by atoms with Crippen LogP contribution in [0, 0.1) is 0 Å². The molecule has 0 aliphatic heterocycles. The van der Waals surface area contributed by atoms with Gasteiger partial charge in [-0.15, -0.1) is 0 Å². The third kappa shape index (κ3) is 14.0. The molecule has 0 heterocycles. The Balaban J connectivity index is 2.94. The van der Waals surface area contributed by atoms with Crippen LogP contribution in [0.1, 0.15) is 90.4 Å². The predicted molar refractivity (Wildman–Crippen MR) is 80.8 cm³/mol. The third-order valence-electron chi connectivity index (χ3n) is 3.66. The second-order valence-corrected chi connectivity index (χ2v) is 5.62. The van der Waals surface area contributed by atoms with E-state index < -0.39 is 0 Å². The average molecular weight is 257 g/mol. The Labute approximate surface area is 114 Å². The van der Waals surface area contributed by atoms with Crippen LogP contribution in [0.4, 0.5) is 0 Å². The second-order valence-electron chi connectivity index (χ2n) is 5.62. The van der Waals surface area contributed by atoms with Crippen molar-refractivity contribution in [2.75, 3.05) is 6.61 Å². The van der Waals surface area contributed by atoms with Crippen molar-refractivity contribution in [3.05, 3.63) is 0 Å². The lowest BCUT2D eigenvalue weighted by atomic mass is 10.0. The van der Waals surface area contributed by atoms with Gasteiger partial charge in [-0.1, -0.05) is 84.0 Å². The van der Waals surface area contributed by atoms with Crippen molar-refractivity contribution in [1.29, 1.82) is 0 Å². The number of rotatable bonds is 14. The Hall–Kier alpha value is -0.0800. The molecule has 0 saturated heterocycles. The lowest BCUT2D eigenvalue weighted by molar-refractivity contribution is 0.257. The third-order valence-corrected chi connectivity index (χ3v) is 3.66. The first-order chi connectivity index (χ1) is 8.81. The molecule has 0 aromatic heterocycles. The number of aliphatic hydroxyl groups excluding tert-OH is 1. The summed E-state index contributed by atoms with van der Waals surface area (Å²) in [4.78, 5) is 0. The molecule has 0 rings (SSSR count). The summed E-state index contributed by atoms with van der Waals surface area (Å²) in [6, 6.07) is 0.00752. The molecule has 0 aliphatic rings. The molecule has 0 aromatic carbocycles. The monoisotopic (exact) mass is 257 g/mol. The van der Waals surface area contributed by atoms with E-state index in [1.807, 2.05) is 0 Å².